The van der Waals surface area contributed by atoms with Gasteiger partial charge < -0.3 is 15.3 Å². The lowest BCUT2D eigenvalue weighted by Gasteiger charge is -2.39. The van der Waals surface area contributed by atoms with Crippen molar-refractivity contribution in [3.05, 3.63) is 0 Å². The number of carbonyl (C=O) groups excluding carboxylic acids is 1. The largest absolute Gasteiger partial charge is 0.480 e. The SMILES string of the molecule is CCC1CCC(NC(=O)N(C)C(C)C(C)C)(C(=O)O)CC1. The molecule has 0 aromatic carbocycles. The second-order valence-electron chi connectivity index (χ2n) is 6.76. The van der Waals surface area contributed by atoms with Crippen LogP contribution in [0.25, 0.3) is 0 Å². The summed E-state index contributed by atoms with van der Waals surface area (Å²) >= 11 is 0. The zero-order chi connectivity index (χ0) is 16.2. The Labute approximate surface area is 128 Å². The summed E-state index contributed by atoms with van der Waals surface area (Å²) in [4.78, 5) is 25.7. The molecule has 1 saturated carbocycles. The van der Waals surface area contributed by atoms with Crippen LogP contribution in [0.15, 0.2) is 0 Å². The van der Waals surface area contributed by atoms with Gasteiger partial charge in [-0.15, -0.1) is 0 Å². The van der Waals surface area contributed by atoms with Crippen LogP contribution in [0.1, 0.15) is 59.8 Å². The lowest BCUT2D eigenvalue weighted by molar-refractivity contribution is -0.146. The van der Waals surface area contributed by atoms with Crippen LogP contribution in [-0.4, -0.2) is 40.6 Å². The summed E-state index contributed by atoms with van der Waals surface area (Å²) in [5, 5.41) is 12.4. The number of nitrogens with one attached hydrogen (secondary N) is 1. The molecule has 1 rings (SSSR count). The van der Waals surface area contributed by atoms with Crippen LogP contribution in [0.2, 0.25) is 0 Å². The highest BCUT2D eigenvalue weighted by Crippen LogP contribution is 2.34. The van der Waals surface area contributed by atoms with Crippen molar-refractivity contribution in [2.45, 2.75) is 71.4 Å². The average molecular weight is 298 g/mol. The highest BCUT2D eigenvalue weighted by atomic mass is 16.4. The lowest BCUT2D eigenvalue weighted by atomic mass is 9.75. The van der Waals surface area contributed by atoms with Crippen LogP contribution in [0.5, 0.6) is 0 Å². The molecule has 1 aliphatic rings. The fraction of sp³-hybridized carbons (Fsp3) is 0.875. The Morgan fingerprint density at radius 1 is 1.29 bits per heavy atom. The number of rotatable bonds is 5. The van der Waals surface area contributed by atoms with Crippen molar-refractivity contribution >= 4 is 12.0 Å². The van der Waals surface area contributed by atoms with Gasteiger partial charge in [0.05, 0.1) is 0 Å². The maximum atomic E-state index is 12.4. The first kappa shape index (κ1) is 17.8. The highest BCUT2D eigenvalue weighted by molar-refractivity contribution is 5.86. The molecule has 1 unspecified atom stereocenters. The first-order chi connectivity index (χ1) is 9.73. The van der Waals surface area contributed by atoms with Gasteiger partial charge in [-0.2, -0.15) is 0 Å². The minimum absolute atomic E-state index is 0.0721. The van der Waals surface area contributed by atoms with Gasteiger partial charge in [0.1, 0.15) is 5.54 Å². The monoisotopic (exact) mass is 298 g/mol. The summed E-state index contributed by atoms with van der Waals surface area (Å²) in [5.41, 5.74) is -1.09. The molecule has 0 heterocycles. The molecule has 5 nitrogen and oxygen atoms in total. The fourth-order valence-corrected chi connectivity index (χ4v) is 2.90. The van der Waals surface area contributed by atoms with E-state index in [1.165, 1.54) is 0 Å². The molecule has 0 aromatic rings. The van der Waals surface area contributed by atoms with Gasteiger partial charge in [-0.3, -0.25) is 0 Å². The molecule has 0 spiro atoms. The van der Waals surface area contributed by atoms with Crippen molar-refractivity contribution in [2.24, 2.45) is 11.8 Å². The standard InChI is InChI=1S/C16H30N2O3/c1-6-13-7-9-16(10-8-13,14(19)20)17-15(21)18(5)12(4)11(2)3/h11-13H,6-10H2,1-5H3,(H,17,21)(H,19,20). The van der Waals surface area contributed by atoms with E-state index in [1.54, 1.807) is 11.9 Å². The van der Waals surface area contributed by atoms with Crippen LogP contribution >= 0.6 is 0 Å². The summed E-state index contributed by atoms with van der Waals surface area (Å²) in [6.45, 7) is 8.21. The Morgan fingerprint density at radius 2 is 1.81 bits per heavy atom. The molecular weight excluding hydrogens is 268 g/mol. The third kappa shape index (κ3) is 4.11. The van der Waals surface area contributed by atoms with Gasteiger partial charge in [0.2, 0.25) is 0 Å². The number of carboxylic acids is 1. The molecule has 1 fully saturated rings. The Balaban J connectivity index is 2.76. The second kappa shape index (κ2) is 7.14. The van der Waals surface area contributed by atoms with E-state index in [4.69, 9.17) is 0 Å². The lowest BCUT2D eigenvalue weighted by Crippen LogP contribution is -2.60. The Morgan fingerprint density at radius 3 is 2.19 bits per heavy atom. The van der Waals surface area contributed by atoms with Crippen molar-refractivity contribution in [3.8, 4) is 0 Å². The Bertz CT molecular complexity index is 374. The predicted octanol–water partition coefficient (Wildman–Crippen LogP) is 3.10. The van der Waals surface area contributed by atoms with E-state index in [2.05, 4.69) is 12.2 Å². The van der Waals surface area contributed by atoms with Gasteiger partial charge in [0.15, 0.2) is 0 Å². The van der Waals surface area contributed by atoms with Crippen molar-refractivity contribution in [1.29, 1.82) is 0 Å². The quantitative estimate of drug-likeness (QED) is 0.819. The second-order valence-corrected chi connectivity index (χ2v) is 6.76. The summed E-state index contributed by atoms with van der Waals surface area (Å²) in [6, 6.07) is -0.212. The Kier molecular flexibility index (Phi) is 6.05. The first-order valence-corrected chi connectivity index (χ1v) is 8.02. The number of hydrogen-bond acceptors (Lipinski definition) is 2. The van der Waals surface area contributed by atoms with E-state index in [0.717, 1.165) is 19.3 Å². The number of nitrogens with zero attached hydrogens (tertiary/aromatic N) is 1. The Hall–Kier alpha value is -1.26. The molecule has 122 valence electrons. The molecule has 0 saturated heterocycles. The van der Waals surface area contributed by atoms with E-state index in [0.29, 0.717) is 24.7 Å². The molecule has 1 aliphatic carbocycles. The number of amides is 2. The fourth-order valence-electron chi connectivity index (χ4n) is 2.90. The summed E-state index contributed by atoms with van der Waals surface area (Å²) in [7, 11) is 1.73. The topological polar surface area (TPSA) is 69.6 Å². The average Bonchev–Trinajstić information content (AvgIpc) is 2.45. The molecule has 0 aromatic heterocycles. The smallest absolute Gasteiger partial charge is 0.329 e. The number of carboxylic acid groups (broad SMARTS) is 1. The van der Waals surface area contributed by atoms with E-state index < -0.39 is 11.5 Å². The van der Waals surface area contributed by atoms with Crippen molar-refractivity contribution in [2.75, 3.05) is 7.05 Å². The summed E-state index contributed by atoms with van der Waals surface area (Å²) in [6.07, 6.45) is 3.86. The molecule has 1 atom stereocenters. The van der Waals surface area contributed by atoms with Gasteiger partial charge >= 0.3 is 12.0 Å². The van der Waals surface area contributed by atoms with Crippen molar-refractivity contribution in [1.82, 2.24) is 10.2 Å². The van der Waals surface area contributed by atoms with Crippen LogP contribution < -0.4 is 5.32 Å². The van der Waals surface area contributed by atoms with Gasteiger partial charge in [0, 0.05) is 13.1 Å². The van der Waals surface area contributed by atoms with Gasteiger partial charge in [0.25, 0.3) is 0 Å². The molecular formula is C16H30N2O3. The minimum Gasteiger partial charge on any atom is -0.480 e. The predicted molar refractivity (Wildman–Crippen MR) is 83.2 cm³/mol. The number of aliphatic carboxylic acids is 1. The van der Waals surface area contributed by atoms with Crippen molar-refractivity contribution in [3.63, 3.8) is 0 Å². The molecule has 5 heteroatoms. The zero-order valence-corrected chi connectivity index (χ0v) is 14.0. The van der Waals surface area contributed by atoms with E-state index >= 15 is 0 Å². The normalized spacial score (nSPS) is 27.2. The van der Waals surface area contributed by atoms with E-state index in [-0.39, 0.29) is 12.1 Å². The maximum absolute atomic E-state index is 12.4. The summed E-state index contributed by atoms with van der Waals surface area (Å²) < 4.78 is 0. The summed E-state index contributed by atoms with van der Waals surface area (Å²) in [5.74, 6) is 0.00931. The molecule has 21 heavy (non-hydrogen) atoms. The van der Waals surface area contributed by atoms with Crippen LogP contribution in [0, 0.1) is 11.8 Å². The maximum Gasteiger partial charge on any atom is 0.329 e. The van der Waals surface area contributed by atoms with Crippen LogP contribution in [0.3, 0.4) is 0 Å². The molecule has 0 aliphatic heterocycles. The van der Waals surface area contributed by atoms with Crippen LogP contribution in [0.4, 0.5) is 4.79 Å². The third-order valence-corrected chi connectivity index (χ3v) is 5.19. The third-order valence-electron chi connectivity index (χ3n) is 5.19. The molecule has 2 N–H and O–H groups in total. The van der Waals surface area contributed by atoms with Crippen LogP contribution in [-0.2, 0) is 4.79 Å². The van der Waals surface area contributed by atoms with E-state index in [1.807, 2.05) is 20.8 Å². The highest BCUT2D eigenvalue weighted by Gasteiger charge is 2.43. The van der Waals surface area contributed by atoms with Gasteiger partial charge in [-0.1, -0.05) is 27.2 Å². The van der Waals surface area contributed by atoms with E-state index in [9.17, 15) is 14.7 Å². The minimum atomic E-state index is -1.09. The molecule has 2 amide bonds. The first-order valence-electron chi connectivity index (χ1n) is 8.02. The number of hydrogen-bond donors (Lipinski definition) is 2. The van der Waals surface area contributed by atoms with Gasteiger partial charge in [-0.05, 0) is 44.4 Å². The molecule has 0 radical (unpaired) electrons. The number of urea groups is 1. The van der Waals surface area contributed by atoms with Gasteiger partial charge in [-0.25, -0.2) is 9.59 Å². The number of carbonyl (C=O) groups is 2. The van der Waals surface area contributed by atoms with Crippen molar-refractivity contribution < 1.29 is 14.7 Å². The zero-order valence-electron chi connectivity index (χ0n) is 14.0. The molecule has 0 bridgehead atoms.